The van der Waals surface area contributed by atoms with Crippen molar-refractivity contribution in [3.8, 4) is 0 Å². The summed E-state index contributed by atoms with van der Waals surface area (Å²) < 4.78 is 0. The average molecular weight is 281 g/mol. The molecular weight excluding hydrogens is 262 g/mol. The molecule has 0 saturated carbocycles. The summed E-state index contributed by atoms with van der Waals surface area (Å²) >= 11 is 1.10. The molecule has 0 spiro atoms. The van der Waals surface area contributed by atoms with Crippen LogP contribution in [0.25, 0.3) is 0 Å². The summed E-state index contributed by atoms with van der Waals surface area (Å²) in [6, 6.07) is 9.97. The van der Waals surface area contributed by atoms with E-state index in [1.54, 1.807) is 0 Å². The Bertz CT molecular complexity index is 432. The SMILES string of the molecule is CC(C)(CNC(=O)CSCC(=O)O)c1ccccc1. The Morgan fingerprint density at radius 3 is 2.42 bits per heavy atom. The molecule has 0 saturated heterocycles. The molecule has 1 rings (SSSR count). The molecule has 0 bridgehead atoms. The first-order valence-electron chi connectivity index (χ1n) is 6.03. The molecule has 0 atom stereocenters. The Hall–Kier alpha value is -1.49. The molecule has 0 unspecified atom stereocenters. The fourth-order valence-corrected chi connectivity index (χ4v) is 2.16. The lowest BCUT2D eigenvalue weighted by atomic mass is 9.85. The van der Waals surface area contributed by atoms with E-state index >= 15 is 0 Å². The van der Waals surface area contributed by atoms with Crippen LogP contribution in [0.3, 0.4) is 0 Å². The highest BCUT2D eigenvalue weighted by Crippen LogP contribution is 2.21. The summed E-state index contributed by atoms with van der Waals surface area (Å²) in [5.74, 6) is -0.898. The van der Waals surface area contributed by atoms with E-state index in [-0.39, 0.29) is 22.8 Å². The summed E-state index contributed by atoms with van der Waals surface area (Å²) in [4.78, 5) is 21.9. The Labute approximate surface area is 117 Å². The van der Waals surface area contributed by atoms with Gasteiger partial charge in [-0.05, 0) is 5.56 Å². The largest absolute Gasteiger partial charge is 0.481 e. The maximum Gasteiger partial charge on any atom is 0.313 e. The molecule has 2 N–H and O–H groups in total. The second kappa shape index (κ2) is 7.19. The lowest BCUT2D eigenvalue weighted by Crippen LogP contribution is -2.37. The van der Waals surface area contributed by atoms with Crippen molar-refractivity contribution < 1.29 is 14.7 Å². The zero-order valence-electron chi connectivity index (χ0n) is 11.2. The molecule has 0 heterocycles. The van der Waals surface area contributed by atoms with Crippen molar-refractivity contribution in [1.29, 1.82) is 0 Å². The van der Waals surface area contributed by atoms with Crippen LogP contribution < -0.4 is 5.32 Å². The number of benzene rings is 1. The number of nitrogens with one attached hydrogen (secondary N) is 1. The maximum absolute atomic E-state index is 11.6. The Morgan fingerprint density at radius 1 is 1.21 bits per heavy atom. The lowest BCUT2D eigenvalue weighted by molar-refractivity contribution is -0.133. The summed E-state index contributed by atoms with van der Waals surface area (Å²) in [7, 11) is 0. The highest BCUT2D eigenvalue weighted by atomic mass is 32.2. The zero-order valence-corrected chi connectivity index (χ0v) is 12.0. The number of amides is 1. The fourth-order valence-electron chi connectivity index (χ4n) is 1.59. The summed E-state index contributed by atoms with van der Waals surface area (Å²) in [6.07, 6.45) is 0. The lowest BCUT2D eigenvalue weighted by Gasteiger charge is -2.25. The van der Waals surface area contributed by atoms with Gasteiger partial charge in [0.1, 0.15) is 0 Å². The molecule has 1 aromatic carbocycles. The van der Waals surface area contributed by atoms with Crippen molar-refractivity contribution in [2.24, 2.45) is 0 Å². The minimum atomic E-state index is -0.901. The highest BCUT2D eigenvalue weighted by Gasteiger charge is 2.20. The molecule has 0 aromatic heterocycles. The van der Waals surface area contributed by atoms with Gasteiger partial charge < -0.3 is 10.4 Å². The van der Waals surface area contributed by atoms with Crippen molar-refractivity contribution in [2.75, 3.05) is 18.1 Å². The van der Waals surface area contributed by atoms with Gasteiger partial charge in [-0.3, -0.25) is 9.59 Å². The van der Waals surface area contributed by atoms with Crippen molar-refractivity contribution in [2.45, 2.75) is 19.3 Å². The van der Waals surface area contributed by atoms with Crippen LogP contribution in [0.4, 0.5) is 0 Å². The quantitative estimate of drug-likeness (QED) is 0.801. The monoisotopic (exact) mass is 281 g/mol. The number of rotatable bonds is 7. The summed E-state index contributed by atoms with van der Waals surface area (Å²) in [6.45, 7) is 4.66. The van der Waals surface area contributed by atoms with Crippen LogP contribution in [0, 0.1) is 0 Å². The first-order chi connectivity index (χ1) is 8.92. The number of carbonyl (C=O) groups excluding carboxylic acids is 1. The van der Waals surface area contributed by atoms with Gasteiger partial charge in [0.05, 0.1) is 11.5 Å². The number of thioether (sulfide) groups is 1. The molecule has 0 aliphatic rings. The molecule has 0 aliphatic carbocycles. The third-order valence-electron chi connectivity index (χ3n) is 2.74. The number of aliphatic carboxylic acids is 1. The van der Waals surface area contributed by atoms with Crippen LogP contribution in [0.15, 0.2) is 30.3 Å². The van der Waals surface area contributed by atoms with Gasteiger partial charge >= 0.3 is 5.97 Å². The van der Waals surface area contributed by atoms with Crippen LogP contribution >= 0.6 is 11.8 Å². The molecule has 104 valence electrons. The van der Waals surface area contributed by atoms with E-state index < -0.39 is 5.97 Å². The van der Waals surface area contributed by atoms with Crippen LogP contribution in [0.1, 0.15) is 19.4 Å². The van der Waals surface area contributed by atoms with Gasteiger partial charge in [-0.25, -0.2) is 0 Å². The van der Waals surface area contributed by atoms with Gasteiger partial charge in [0.2, 0.25) is 5.91 Å². The van der Waals surface area contributed by atoms with E-state index in [0.29, 0.717) is 6.54 Å². The van der Waals surface area contributed by atoms with Crippen LogP contribution in [0.5, 0.6) is 0 Å². The van der Waals surface area contributed by atoms with Gasteiger partial charge in [-0.1, -0.05) is 44.2 Å². The number of carboxylic acids is 1. The molecule has 19 heavy (non-hydrogen) atoms. The molecule has 5 heteroatoms. The van der Waals surface area contributed by atoms with E-state index in [2.05, 4.69) is 19.2 Å². The van der Waals surface area contributed by atoms with Crippen molar-refractivity contribution >= 4 is 23.6 Å². The smallest absolute Gasteiger partial charge is 0.313 e. The second-order valence-corrected chi connectivity index (χ2v) is 5.90. The molecule has 0 radical (unpaired) electrons. The predicted molar refractivity (Wildman–Crippen MR) is 77.4 cm³/mol. The van der Waals surface area contributed by atoms with Crippen LogP contribution in [0.2, 0.25) is 0 Å². The van der Waals surface area contributed by atoms with Crippen molar-refractivity contribution in [3.63, 3.8) is 0 Å². The Balaban J connectivity index is 2.39. The number of carbonyl (C=O) groups is 2. The summed E-state index contributed by atoms with van der Waals surface area (Å²) in [5, 5.41) is 11.3. The third kappa shape index (κ3) is 5.79. The summed E-state index contributed by atoms with van der Waals surface area (Å²) in [5.41, 5.74) is 1.02. The van der Waals surface area contributed by atoms with Gasteiger partial charge in [0.15, 0.2) is 0 Å². The Morgan fingerprint density at radius 2 is 1.84 bits per heavy atom. The molecule has 0 fully saturated rings. The van der Waals surface area contributed by atoms with Crippen molar-refractivity contribution in [3.05, 3.63) is 35.9 Å². The highest BCUT2D eigenvalue weighted by molar-refractivity contribution is 8.00. The number of hydrogen-bond donors (Lipinski definition) is 2. The molecular formula is C14H19NO3S. The zero-order chi connectivity index (χ0) is 14.3. The third-order valence-corrected chi connectivity index (χ3v) is 3.66. The Kier molecular flexibility index (Phi) is 5.89. The minimum Gasteiger partial charge on any atom is -0.481 e. The first kappa shape index (κ1) is 15.6. The molecule has 0 aliphatic heterocycles. The first-order valence-corrected chi connectivity index (χ1v) is 7.19. The van der Waals surface area contributed by atoms with E-state index in [1.807, 2.05) is 30.3 Å². The van der Waals surface area contributed by atoms with Crippen LogP contribution in [-0.2, 0) is 15.0 Å². The van der Waals surface area contributed by atoms with Gasteiger partial charge in [0, 0.05) is 12.0 Å². The van der Waals surface area contributed by atoms with Gasteiger partial charge in [-0.2, -0.15) is 0 Å². The maximum atomic E-state index is 11.6. The fraction of sp³-hybridized carbons (Fsp3) is 0.429. The van der Waals surface area contributed by atoms with E-state index in [0.717, 1.165) is 17.3 Å². The molecule has 4 nitrogen and oxygen atoms in total. The average Bonchev–Trinajstić information content (AvgIpc) is 2.37. The normalized spacial score (nSPS) is 11.1. The minimum absolute atomic E-state index is 0.0461. The topological polar surface area (TPSA) is 66.4 Å². The van der Waals surface area contributed by atoms with Crippen molar-refractivity contribution in [1.82, 2.24) is 5.32 Å². The van der Waals surface area contributed by atoms with E-state index in [4.69, 9.17) is 5.11 Å². The second-order valence-electron chi connectivity index (χ2n) is 4.91. The van der Waals surface area contributed by atoms with Gasteiger partial charge in [-0.15, -0.1) is 11.8 Å². The number of carboxylic acid groups (broad SMARTS) is 1. The number of hydrogen-bond acceptors (Lipinski definition) is 3. The molecule has 1 aromatic rings. The van der Waals surface area contributed by atoms with Crippen LogP contribution in [-0.4, -0.2) is 35.0 Å². The molecule has 1 amide bonds. The van der Waals surface area contributed by atoms with Gasteiger partial charge in [0.25, 0.3) is 0 Å². The standard InChI is InChI=1S/C14H19NO3S/c1-14(2,11-6-4-3-5-7-11)10-15-12(16)8-19-9-13(17)18/h3-7H,8-10H2,1-2H3,(H,15,16)(H,17,18). The van der Waals surface area contributed by atoms with E-state index in [9.17, 15) is 9.59 Å². The predicted octanol–water partition coefficient (Wildman–Crippen LogP) is 1.90. The van der Waals surface area contributed by atoms with E-state index in [1.165, 1.54) is 0 Å².